The molecule has 0 radical (unpaired) electrons. The summed E-state index contributed by atoms with van der Waals surface area (Å²) in [6.07, 6.45) is 0.503. The van der Waals surface area contributed by atoms with Crippen LogP contribution in [0.15, 0.2) is 103 Å². The topological polar surface area (TPSA) is 32.7 Å². The molecule has 0 bridgehead atoms. The number of anilines is 2. The van der Waals surface area contributed by atoms with Gasteiger partial charge in [0.1, 0.15) is 11.4 Å². The fraction of sp³-hybridized carbons (Fsp3) is 0.143. The van der Waals surface area contributed by atoms with Crippen LogP contribution in [0.25, 0.3) is 0 Å². The van der Waals surface area contributed by atoms with Crippen LogP contribution in [0.4, 0.5) is 11.4 Å². The molecular weight excluding hydrogens is 418 g/mol. The Kier molecular flexibility index (Phi) is 5.38. The molecule has 0 saturated heterocycles. The van der Waals surface area contributed by atoms with E-state index in [1.165, 1.54) is 0 Å². The summed E-state index contributed by atoms with van der Waals surface area (Å²) < 4.78 is 5.37. The number of aliphatic hydroxyl groups is 1. The first-order valence-electron chi connectivity index (χ1n) is 10.7. The van der Waals surface area contributed by atoms with Crippen LogP contribution < -0.4 is 9.64 Å². The zero-order valence-corrected chi connectivity index (χ0v) is 18.5. The van der Waals surface area contributed by atoms with Gasteiger partial charge in [0, 0.05) is 28.4 Å². The van der Waals surface area contributed by atoms with Crippen LogP contribution >= 0.6 is 11.6 Å². The van der Waals surface area contributed by atoms with E-state index in [0.717, 1.165) is 33.8 Å². The van der Waals surface area contributed by atoms with Crippen LogP contribution in [0.2, 0.25) is 5.02 Å². The summed E-state index contributed by atoms with van der Waals surface area (Å²) >= 11 is 6.19. The number of rotatable bonds is 4. The molecule has 160 valence electrons. The van der Waals surface area contributed by atoms with Crippen molar-refractivity contribution in [2.45, 2.75) is 18.1 Å². The molecule has 32 heavy (non-hydrogen) atoms. The molecule has 2 atom stereocenters. The lowest BCUT2D eigenvalue weighted by Crippen LogP contribution is -2.41. The zero-order chi connectivity index (χ0) is 22.1. The molecule has 1 heterocycles. The quantitative estimate of drug-likeness (QED) is 0.375. The lowest BCUT2D eigenvalue weighted by Gasteiger charge is -2.47. The largest absolute Gasteiger partial charge is 0.497 e. The van der Waals surface area contributed by atoms with Crippen molar-refractivity contribution >= 4 is 23.0 Å². The summed E-state index contributed by atoms with van der Waals surface area (Å²) in [5, 5.41) is 12.9. The highest BCUT2D eigenvalue weighted by atomic mass is 35.5. The summed E-state index contributed by atoms with van der Waals surface area (Å²) in [4.78, 5) is 2.30. The Morgan fingerprint density at radius 3 is 2.19 bits per heavy atom. The molecule has 0 amide bonds. The Bertz CT molecular complexity index is 1210. The van der Waals surface area contributed by atoms with Crippen LogP contribution in [-0.2, 0) is 5.60 Å². The highest BCUT2D eigenvalue weighted by molar-refractivity contribution is 6.30. The monoisotopic (exact) mass is 441 g/mol. The predicted molar refractivity (Wildman–Crippen MR) is 130 cm³/mol. The van der Waals surface area contributed by atoms with Crippen molar-refractivity contribution in [3.63, 3.8) is 0 Å². The molecule has 1 aliphatic heterocycles. The predicted octanol–water partition coefficient (Wildman–Crippen LogP) is 6.87. The lowest BCUT2D eigenvalue weighted by molar-refractivity contribution is 0.0578. The number of hydrogen-bond donors (Lipinski definition) is 1. The minimum atomic E-state index is -1.12. The Balaban J connectivity index is 1.73. The molecule has 4 heteroatoms. The molecule has 1 aliphatic rings. The van der Waals surface area contributed by atoms with Gasteiger partial charge in [-0.1, -0.05) is 72.3 Å². The van der Waals surface area contributed by atoms with Gasteiger partial charge in [-0.3, -0.25) is 0 Å². The molecule has 4 aromatic rings. The number of hydrogen-bond acceptors (Lipinski definition) is 3. The Morgan fingerprint density at radius 2 is 1.50 bits per heavy atom. The maximum absolute atomic E-state index is 12.2. The van der Waals surface area contributed by atoms with E-state index in [9.17, 15) is 5.11 Å². The molecule has 3 nitrogen and oxygen atoms in total. The first kappa shape index (κ1) is 20.6. The van der Waals surface area contributed by atoms with Gasteiger partial charge in [-0.25, -0.2) is 0 Å². The van der Waals surface area contributed by atoms with Gasteiger partial charge in [0.05, 0.1) is 13.2 Å². The molecule has 0 unspecified atom stereocenters. The lowest BCUT2D eigenvalue weighted by atomic mass is 9.75. The minimum Gasteiger partial charge on any atom is -0.497 e. The van der Waals surface area contributed by atoms with Gasteiger partial charge in [-0.2, -0.15) is 0 Å². The minimum absolute atomic E-state index is 0.0952. The van der Waals surface area contributed by atoms with E-state index in [-0.39, 0.29) is 6.04 Å². The van der Waals surface area contributed by atoms with Crippen LogP contribution in [0.5, 0.6) is 5.75 Å². The maximum atomic E-state index is 12.2. The third-order valence-corrected chi connectivity index (χ3v) is 6.52. The van der Waals surface area contributed by atoms with Crippen molar-refractivity contribution < 1.29 is 9.84 Å². The molecule has 0 spiro atoms. The standard InChI is InChI=1S/C28H24ClNO2/c1-32-24-17-11-20(12-18-24)27-19-28(31,21-7-3-2-4-8-21)25-9-5-6-10-26(25)30(27)23-15-13-22(29)14-16-23/h2-18,27,31H,19H2,1H3/t27-,28-/m1/s1. The van der Waals surface area contributed by atoms with E-state index in [4.69, 9.17) is 16.3 Å². The van der Waals surface area contributed by atoms with Crippen molar-refractivity contribution in [3.8, 4) is 5.75 Å². The van der Waals surface area contributed by atoms with Gasteiger partial charge in [0.2, 0.25) is 0 Å². The highest BCUT2D eigenvalue weighted by Gasteiger charge is 2.44. The number of benzene rings is 4. The Hall–Kier alpha value is -3.27. The summed E-state index contributed by atoms with van der Waals surface area (Å²) in [6.45, 7) is 0. The van der Waals surface area contributed by atoms with Crippen molar-refractivity contribution in [2.24, 2.45) is 0 Å². The number of halogens is 1. The normalized spacial score (nSPS) is 20.0. The molecule has 1 N–H and O–H groups in total. The third-order valence-electron chi connectivity index (χ3n) is 6.27. The number of fused-ring (bicyclic) bond motifs is 1. The van der Waals surface area contributed by atoms with Gasteiger partial charge in [0.15, 0.2) is 0 Å². The van der Waals surface area contributed by atoms with E-state index in [1.54, 1.807) is 7.11 Å². The second kappa shape index (κ2) is 8.34. The van der Waals surface area contributed by atoms with Crippen molar-refractivity contribution in [1.29, 1.82) is 0 Å². The molecule has 0 aromatic heterocycles. The fourth-order valence-corrected chi connectivity index (χ4v) is 4.81. The highest BCUT2D eigenvalue weighted by Crippen LogP contribution is 2.52. The van der Waals surface area contributed by atoms with Gasteiger partial charge in [-0.05, 0) is 53.6 Å². The molecule has 4 aromatic carbocycles. The maximum Gasteiger partial charge on any atom is 0.119 e. The van der Waals surface area contributed by atoms with Crippen LogP contribution in [0.3, 0.4) is 0 Å². The smallest absolute Gasteiger partial charge is 0.119 e. The molecule has 0 fully saturated rings. The van der Waals surface area contributed by atoms with E-state index in [1.807, 2.05) is 84.9 Å². The molecular formula is C28H24ClNO2. The SMILES string of the molecule is COc1ccc([C@H]2C[C@@](O)(c3ccccc3)c3ccccc3N2c2ccc(Cl)cc2)cc1. The Labute approximate surface area is 193 Å². The van der Waals surface area contributed by atoms with E-state index >= 15 is 0 Å². The number of ether oxygens (including phenoxy) is 1. The molecule has 0 saturated carbocycles. The number of para-hydroxylation sites is 1. The van der Waals surface area contributed by atoms with E-state index in [0.29, 0.717) is 11.4 Å². The average molecular weight is 442 g/mol. The van der Waals surface area contributed by atoms with Crippen LogP contribution in [0.1, 0.15) is 29.2 Å². The van der Waals surface area contributed by atoms with Gasteiger partial charge in [-0.15, -0.1) is 0 Å². The Morgan fingerprint density at radius 1 is 0.844 bits per heavy atom. The van der Waals surface area contributed by atoms with Crippen molar-refractivity contribution in [1.82, 2.24) is 0 Å². The summed E-state index contributed by atoms with van der Waals surface area (Å²) in [5.41, 5.74) is 3.77. The van der Waals surface area contributed by atoms with Gasteiger partial charge >= 0.3 is 0 Å². The zero-order valence-electron chi connectivity index (χ0n) is 17.8. The second-order valence-corrected chi connectivity index (χ2v) is 8.52. The third kappa shape index (κ3) is 3.54. The van der Waals surface area contributed by atoms with E-state index < -0.39 is 5.60 Å². The van der Waals surface area contributed by atoms with Gasteiger partial charge in [0.25, 0.3) is 0 Å². The molecule has 0 aliphatic carbocycles. The summed E-state index contributed by atoms with van der Waals surface area (Å²) in [5.74, 6) is 0.807. The molecule has 5 rings (SSSR count). The van der Waals surface area contributed by atoms with E-state index in [2.05, 4.69) is 23.1 Å². The van der Waals surface area contributed by atoms with Crippen LogP contribution in [-0.4, -0.2) is 12.2 Å². The average Bonchev–Trinajstić information content (AvgIpc) is 2.85. The van der Waals surface area contributed by atoms with Gasteiger partial charge < -0.3 is 14.7 Å². The summed E-state index contributed by atoms with van der Waals surface area (Å²) in [6, 6.07) is 33.9. The number of methoxy groups -OCH3 is 1. The fourth-order valence-electron chi connectivity index (χ4n) is 4.68. The number of nitrogens with zero attached hydrogens (tertiary/aromatic N) is 1. The second-order valence-electron chi connectivity index (χ2n) is 8.08. The summed E-state index contributed by atoms with van der Waals surface area (Å²) in [7, 11) is 1.67. The first-order valence-corrected chi connectivity index (χ1v) is 11.0. The van der Waals surface area contributed by atoms with Crippen molar-refractivity contribution in [2.75, 3.05) is 12.0 Å². The first-order chi connectivity index (χ1) is 15.6. The van der Waals surface area contributed by atoms with Crippen LogP contribution in [0, 0.1) is 0 Å². The van der Waals surface area contributed by atoms with Crippen molar-refractivity contribution in [3.05, 3.63) is 125 Å².